The largest absolute Gasteiger partial charge is 0.390 e. The fourth-order valence-electron chi connectivity index (χ4n) is 1.61. The quantitative estimate of drug-likeness (QED) is 0.707. The number of rotatable bonds is 2. The minimum atomic E-state index is -0.650. The Bertz CT molecular complexity index is 321. The Morgan fingerprint density at radius 1 is 1.29 bits per heavy atom. The molecule has 0 amide bonds. The summed E-state index contributed by atoms with van der Waals surface area (Å²) in [7, 11) is 0. The van der Waals surface area contributed by atoms with Crippen molar-refractivity contribution in [2.45, 2.75) is 6.10 Å². The average Bonchev–Trinajstić information content (AvgIpc) is 2.65. The minimum Gasteiger partial charge on any atom is -0.390 e. The molecule has 1 heterocycles. The van der Waals surface area contributed by atoms with Gasteiger partial charge >= 0.3 is 0 Å². The van der Waals surface area contributed by atoms with Gasteiger partial charge in [0, 0.05) is 5.56 Å². The molecule has 1 N–H and O–H groups in total. The van der Waals surface area contributed by atoms with Gasteiger partial charge in [-0.05, 0) is 0 Å². The molecule has 3 nitrogen and oxygen atoms in total. The van der Waals surface area contributed by atoms with E-state index in [-0.39, 0.29) is 12.4 Å². The number of ketones is 1. The van der Waals surface area contributed by atoms with Crippen LogP contribution in [0.2, 0.25) is 0 Å². The summed E-state index contributed by atoms with van der Waals surface area (Å²) >= 11 is 0. The van der Waals surface area contributed by atoms with Gasteiger partial charge in [0.05, 0.1) is 25.2 Å². The number of aliphatic hydroxyl groups excluding tert-OH is 1. The van der Waals surface area contributed by atoms with Crippen LogP contribution in [0.4, 0.5) is 0 Å². The van der Waals surface area contributed by atoms with E-state index in [9.17, 15) is 9.90 Å². The van der Waals surface area contributed by atoms with Crippen LogP contribution in [0.3, 0.4) is 0 Å². The SMILES string of the molecule is O=C(c1ccccc1)C1COCC1O. The number of hydrogen-bond donors (Lipinski definition) is 1. The Labute approximate surface area is 82.3 Å². The Morgan fingerprint density at radius 2 is 2.00 bits per heavy atom. The van der Waals surface area contributed by atoms with Gasteiger partial charge in [0.15, 0.2) is 5.78 Å². The fraction of sp³-hybridized carbons (Fsp3) is 0.364. The molecule has 1 aromatic carbocycles. The van der Waals surface area contributed by atoms with Crippen LogP contribution in [0.15, 0.2) is 30.3 Å². The number of benzene rings is 1. The van der Waals surface area contributed by atoms with Crippen LogP contribution in [0.1, 0.15) is 10.4 Å². The van der Waals surface area contributed by atoms with Crippen molar-refractivity contribution in [2.75, 3.05) is 13.2 Å². The molecule has 0 spiro atoms. The van der Waals surface area contributed by atoms with Gasteiger partial charge < -0.3 is 9.84 Å². The van der Waals surface area contributed by atoms with E-state index in [1.165, 1.54) is 0 Å². The standard InChI is InChI=1S/C11H12O3/c12-10-7-14-6-9(10)11(13)8-4-2-1-3-5-8/h1-5,9-10,12H,6-7H2. The number of ether oxygens (including phenoxy) is 1. The first-order chi connectivity index (χ1) is 6.79. The van der Waals surface area contributed by atoms with Crippen LogP contribution in [0, 0.1) is 5.92 Å². The summed E-state index contributed by atoms with van der Waals surface area (Å²) in [5.74, 6) is -0.423. The van der Waals surface area contributed by atoms with Gasteiger partial charge in [0.1, 0.15) is 0 Å². The molecule has 1 saturated heterocycles. The monoisotopic (exact) mass is 192 g/mol. The third-order valence-electron chi connectivity index (χ3n) is 2.45. The molecule has 2 rings (SSSR count). The maximum Gasteiger partial charge on any atom is 0.170 e. The van der Waals surface area contributed by atoms with Gasteiger partial charge in [0.25, 0.3) is 0 Å². The zero-order valence-electron chi connectivity index (χ0n) is 7.72. The van der Waals surface area contributed by atoms with Gasteiger partial charge in [-0.2, -0.15) is 0 Å². The highest BCUT2D eigenvalue weighted by Crippen LogP contribution is 2.18. The number of hydrogen-bond acceptors (Lipinski definition) is 3. The van der Waals surface area contributed by atoms with Crippen LogP contribution in [0.5, 0.6) is 0 Å². The van der Waals surface area contributed by atoms with E-state index >= 15 is 0 Å². The minimum absolute atomic E-state index is 0.0319. The third-order valence-corrected chi connectivity index (χ3v) is 2.45. The summed E-state index contributed by atoms with van der Waals surface area (Å²) in [4.78, 5) is 11.8. The van der Waals surface area contributed by atoms with Crippen molar-refractivity contribution >= 4 is 5.78 Å². The molecule has 1 aromatic rings. The Balaban J connectivity index is 2.16. The van der Waals surface area contributed by atoms with E-state index in [2.05, 4.69) is 0 Å². The lowest BCUT2D eigenvalue weighted by Crippen LogP contribution is -2.26. The zero-order chi connectivity index (χ0) is 9.97. The van der Waals surface area contributed by atoms with E-state index in [1.807, 2.05) is 18.2 Å². The third kappa shape index (κ3) is 1.69. The van der Waals surface area contributed by atoms with Gasteiger partial charge in [-0.1, -0.05) is 30.3 Å². The van der Waals surface area contributed by atoms with Crippen LogP contribution in [-0.2, 0) is 4.74 Å². The summed E-state index contributed by atoms with van der Waals surface area (Å²) in [6.07, 6.45) is -0.650. The molecule has 1 aliphatic rings. The van der Waals surface area contributed by atoms with Gasteiger partial charge in [-0.3, -0.25) is 4.79 Å². The predicted molar refractivity (Wildman–Crippen MR) is 51.1 cm³/mol. The lowest BCUT2D eigenvalue weighted by Gasteiger charge is -2.10. The molecular formula is C11H12O3. The molecule has 0 saturated carbocycles. The highest BCUT2D eigenvalue weighted by molar-refractivity contribution is 5.98. The maximum absolute atomic E-state index is 11.8. The topological polar surface area (TPSA) is 46.5 Å². The molecule has 3 heteroatoms. The summed E-state index contributed by atoms with van der Waals surface area (Å²) in [5, 5.41) is 9.47. The van der Waals surface area contributed by atoms with Crippen LogP contribution in [0.25, 0.3) is 0 Å². The average molecular weight is 192 g/mol. The van der Waals surface area contributed by atoms with Gasteiger partial charge in [-0.25, -0.2) is 0 Å². The highest BCUT2D eigenvalue weighted by atomic mass is 16.5. The van der Waals surface area contributed by atoms with E-state index < -0.39 is 12.0 Å². The van der Waals surface area contributed by atoms with Crippen LogP contribution >= 0.6 is 0 Å². The molecule has 0 aromatic heterocycles. The molecule has 1 aliphatic heterocycles. The normalized spacial score (nSPS) is 26.4. The second-order valence-electron chi connectivity index (χ2n) is 3.44. The Hall–Kier alpha value is -1.19. The molecule has 0 bridgehead atoms. The lowest BCUT2D eigenvalue weighted by atomic mass is 9.95. The van der Waals surface area contributed by atoms with E-state index in [4.69, 9.17) is 4.74 Å². The first kappa shape index (κ1) is 9.37. The second-order valence-corrected chi connectivity index (χ2v) is 3.44. The van der Waals surface area contributed by atoms with Crippen molar-refractivity contribution in [1.29, 1.82) is 0 Å². The summed E-state index contributed by atoms with van der Waals surface area (Å²) in [5.41, 5.74) is 0.641. The zero-order valence-corrected chi connectivity index (χ0v) is 7.72. The summed E-state index contributed by atoms with van der Waals surface area (Å²) in [6.45, 7) is 0.595. The number of carbonyl (C=O) groups is 1. The smallest absolute Gasteiger partial charge is 0.170 e. The molecule has 74 valence electrons. The molecular weight excluding hydrogens is 180 g/mol. The lowest BCUT2D eigenvalue weighted by molar-refractivity contribution is 0.0791. The van der Waals surface area contributed by atoms with Crippen LogP contribution in [-0.4, -0.2) is 30.2 Å². The Kier molecular flexibility index (Phi) is 2.61. The summed E-state index contributed by atoms with van der Waals surface area (Å²) in [6, 6.07) is 9.00. The molecule has 1 fully saturated rings. The second kappa shape index (κ2) is 3.90. The molecule has 0 radical (unpaired) electrons. The predicted octanol–water partition coefficient (Wildman–Crippen LogP) is 0.877. The molecule has 2 atom stereocenters. The fourth-order valence-corrected chi connectivity index (χ4v) is 1.61. The molecule has 2 unspecified atom stereocenters. The van der Waals surface area contributed by atoms with E-state index in [1.54, 1.807) is 12.1 Å². The van der Waals surface area contributed by atoms with Gasteiger partial charge in [-0.15, -0.1) is 0 Å². The first-order valence-corrected chi connectivity index (χ1v) is 4.64. The maximum atomic E-state index is 11.8. The number of Topliss-reactive ketones (excluding diaryl/α,β-unsaturated/α-hetero) is 1. The Morgan fingerprint density at radius 3 is 2.57 bits per heavy atom. The van der Waals surface area contributed by atoms with Crippen molar-refractivity contribution in [3.63, 3.8) is 0 Å². The number of carbonyl (C=O) groups excluding carboxylic acids is 1. The molecule has 0 aliphatic carbocycles. The van der Waals surface area contributed by atoms with Crippen molar-refractivity contribution in [1.82, 2.24) is 0 Å². The van der Waals surface area contributed by atoms with E-state index in [0.29, 0.717) is 12.2 Å². The summed E-state index contributed by atoms with van der Waals surface area (Å²) < 4.78 is 5.04. The van der Waals surface area contributed by atoms with Crippen molar-refractivity contribution in [3.8, 4) is 0 Å². The highest BCUT2D eigenvalue weighted by Gasteiger charge is 2.32. The van der Waals surface area contributed by atoms with Crippen molar-refractivity contribution in [3.05, 3.63) is 35.9 Å². The number of aliphatic hydroxyl groups is 1. The van der Waals surface area contributed by atoms with Crippen molar-refractivity contribution in [2.24, 2.45) is 5.92 Å². The van der Waals surface area contributed by atoms with Crippen LogP contribution < -0.4 is 0 Å². The first-order valence-electron chi connectivity index (χ1n) is 4.64. The van der Waals surface area contributed by atoms with E-state index in [0.717, 1.165) is 0 Å². The van der Waals surface area contributed by atoms with Crippen molar-refractivity contribution < 1.29 is 14.6 Å². The van der Waals surface area contributed by atoms with Gasteiger partial charge in [0.2, 0.25) is 0 Å². The molecule has 14 heavy (non-hydrogen) atoms.